The summed E-state index contributed by atoms with van der Waals surface area (Å²) in [5.74, 6) is 5.09. The van der Waals surface area contributed by atoms with Gasteiger partial charge in [-0.05, 0) is 32.6 Å². The van der Waals surface area contributed by atoms with Gasteiger partial charge in [0.1, 0.15) is 0 Å². The second kappa shape index (κ2) is 5.82. The van der Waals surface area contributed by atoms with Gasteiger partial charge in [-0.2, -0.15) is 0 Å². The van der Waals surface area contributed by atoms with Gasteiger partial charge in [-0.25, -0.2) is 10.7 Å². The summed E-state index contributed by atoms with van der Waals surface area (Å²) in [6.45, 7) is 2.20. The fourth-order valence-electron chi connectivity index (χ4n) is 1.68. The Morgan fingerprint density at radius 3 is 2.57 bits per heavy atom. The molecule has 14 heavy (non-hydrogen) atoms. The van der Waals surface area contributed by atoms with E-state index in [1.165, 1.54) is 0 Å². The van der Waals surface area contributed by atoms with Gasteiger partial charge in [-0.3, -0.25) is 0 Å². The lowest BCUT2D eigenvalue weighted by atomic mass is 9.93. The van der Waals surface area contributed by atoms with Crippen molar-refractivity contribution in [1.29, 1.82) is 0 Å². The number of ether oxygens (including phenoxy) is 1. The minimum Gasteiger partial charge on any atom is -0.450 e. The first kappa shape index (κ1) is 11.3. The number of nitrogens with two attached hydrogens (primary N) is 1. The molecule has 0 saturated heterocycles. The van der Waals surface area contributed by atoms with Crippen LogP contribution in [-0.2, 0) is 9.57 Å². The zero-order chi connectivity index (χ0) is 10.4. The summed E-state index contributed by atoms with van der Waals surface area (Å²) in [6.07, 6.45) is 3.42. The highest BCUT2D eigenvalue weighted by Crippen LogP contribution is 2.19. The van der Waals surface area contributed by atoms with E-state index in [9.17, 15) is 4.79 Å². The zero-order valence-electron chi connectivity index (χ0n) is 8.49. The molecule has 0 bridgehead atoms. The van der Waals surface area contributed by atoms with Gasteiger partial charge in [0, 0.05) is 6.04 Å². The molecule has 0 unspecified atom stereocenters. The summed E-state index contributed by atoms with van der Waals surface area (Å²) in [5, 5.41) is 2.81. The van der Waals surface area contributed by atoms with Crippen molar-refractivity contribution in [3.63, 3.8) is 0 Å². The summed E-state index contributed by atoms with van der Waals surface area (Å²) in [4.78, 5) is 15.8. The molecular formula is C9H18N2O3. The molecule has 1 fully saturated rings. The Labute approximate surface area is 83.9 Å². The molecule has 0 radical (unpaired) electrons. The Balaban J connectivity index is 2.18. The molecule has 0 atom stereocenters. The number of rotatable bonds is 3. The number of carbonyl (C=O) groups excluding carboxylic acids is 1. The van der Waals surface area contributed by atoms with Crippen LogP contribution in [0.1, 0.15) is 32.6 Å². The van der Waals surface area contributed by atoms with Crippen molar-refractivity contribution in [3.05, 3.63) is 0 Å². The number of hydrogen-bond donors (Lipinski definition) is 2. The number of alkyl carbamates (subject to hydrolysis) is 1. The molecule has 5 heteroatoms. The number of hydrogen-bond acceptors (Lipinski definition) is 4. The van der Waals surface area contributed by atoms with Gasteiger partial charge in [-0.1, -0.05) is 0 Å². The molecule has 1 rings (SSSR count). The van der Waals surface area contributed by atoms with Crippen LogP contribution in [0.2, 0.25) is 0 Å². The molecule has 82 valence electrons. The van der Waals surface area contributed by atoms with E-state index < -0.39 is 0 Å². The highest BCUT2D eigenvalue weighted by molar-refractivity contribution is 5.67. The second-order valence-electron chi connectivity index (χ2n) is 3.47. The fraction of sp³-hybridized carbons (Fsp3) is 0.889. The van der Waals surface area contributed by atoms with Crippen LogP contribution in [0.4, 0.5) is 4.79 Å². The molecule has 5 nitrogen and oxygen atoms in total. The molecule has 1 amide bonds. The maximum absolute atomic E-state index is 11.1. The minimum atomic E-state index is -0.329. The van der Waals surface area contributed by atoms with E-state index in [0.29, 0.717) is 6.61 Å². The van der Waals surface area contributed by atoms with Crippen molar-refractivity contribution in [2.45, 2.75) is 44.8 Å². The molecule has 0 aromatic carbocycles. The average molecular weight is 202 g/mol. The van der Waals surface area contributed by atoms with Crippen molar-refractivity contribution in [2.75, 3.05) is 6.61 Å². The van der Waals surface area contributed by atoms with Crippen molar-refractivity contribution in [3.8, 4) is 0 Å². The van der Waals surface area contributed by atoms with Crippen LogP contribution in [0.5, 0.6) is 0 Å². The van der Waals surface area contributed by atoms with E-state index in [0.717, 1.165) is 25.7 Å². The van der Waals surface area contributed by atoms with Crippen molar-refractivity contribution >= 4 is 6.09 Å². The largest absolute Gasteiger partial charge is 0.450 e. The molecule has 1 saturated carbocycles. The van der Waals surface area contributed by atoms with E-state index in [1.807, 2.05) is 0 Å². The lowest BCUT2D eigenvalue weighted by molar-refractivity contribution is 0.0215. The van der Waals surface area contributed by atoms with E-state index in [1.54, 1.807) is 6.92 Å². The predicted molar refractivity (Wildman–Crippen MR) is 51.5 cm³/mol. The average Bonchev–Trinajstić information content (AvgIpc) is 2.19. The molecule has 0 heterocycles. The van der Waals surface area contributed by atoms with Crippen molar-refractivity contribution < 1.29 is 14.4 Å². The molecule has 0 spiro atoms. The van der Waals surface area contributed by atoms with E-state index >= 15 is 0 Å². The Hall–Kier alpha value is -0.810. The number of carbonyl (C=O) groups is 1. The quantitative estimate of drug-likeness (QED) is 0.668. The molecule has 0 aromatic heterocycles. The van der Waals surface area contributed by atoms with Crippen LogP contribution in [0.25, 0.3) is 0 Å². The third-order valence-electron chi connectivity index (χ3n) is 2.46. The first-order valence-electron chi connectivity index (χ1n) is 5.05. The SMILES string of the molecule is CCOC(=O)NC1CCC(ON)CC1. The normalized spacial score (nSPS) is 27.0. The topological polar surface area (TPSA) is 73.6 Å². The summed E-state index contributed by atoms with van der Waals surface area (Å²) in [7, 11) is 0. The fourth-order valence-corrected chi connectivity index (χ4v) is 1.68. The van der Waals surface area contributed by atoms with Crippen LogP contribution >= 0.6 is 0 Å². The molecule has 3 N–H and O–H groups in total. The van der Waals surface area contributed by atoms with Crippen LogP contribution < -0.4 is 11.2 Å². The standard InChI is InChI=1S/C9H18N2O3/c1-2-13-9(12)11-7-3-5-8(14-10)6-4-7/h7-8H,2-6,10H2,1H3,(H,11,12). The molecule has 1 aliphatic rings. The first-order valence-corrected chi connectivity index (χ1v) is 5.05. The highest BCUT2D eigenvalue weighted by Gasteiger charge is 2.22. The van der Waals surface area contributed by atoms with Gasteiger partial charge in [0.15, 0.2) is 0 Å². The van der Waals surface area contributed by atoms with Crippen LogP contribution in [-0.4, -0.2) is 24.8 Å². The highest BCUT2D eigenvalue weighted by atomic mass is 16.6. The third kappa shape index (κ3) is 3.51. The third-order valence-corrected chi connectivity index (χ3v) is 2.46. The lowest BCUT2D eigenvalue weighted by Gasteiger charge is -2.27. The summed E-state index contributed by atoms with van der Waals surface area (Å²) >= 11 is 0. The van der Waals surface area contributed by atoms with Gasteiger partial charge in [0.05, 0.1) is 12.7 Å². The van der Waals surface area contributed by atoms with Crippen LogP contribution in [0, 0.1) is 0 Å². The van der Waals surface area contributed by atoms with Gasteiger partial charge in [0.2, 0.25) is 0 Å². The Bertz CT molecular complexity index is 179. The Morgan fingerprint density at radius 2 is 2.07 bits per heavy atom. The van der Waals surface area contributed by atoms with Gasteiger partial charge >= 0.3 is 6.09 Å². The molecule has 1 aliphatic carbocycles. The van der Waals surface area contributed by atoms with Crippen molar-refractivity contribution in [1.82, 2.24) is 5.32 Å². The van der Waals surface area contributed by atoms with Crippen LogP contribution in [0.3, 0.4) is 0 Å². The van der Waals surface area contributed by atoms with Crippen molar-refractivity contribution in [2.24, 2.45) is 5.90 Å². The summed E-state index contributed by atoms with van der Waals surface area (Å²) in [5.41, 5.74) is 0. The van der Waals surface area contributed by atoms with Gasteiger partial charge < -0.3 is 14.9 Å². The van der Waals surface area contributed by atoms with Crippen LogP contribution in [0.15, 0.2) is 0 Å². The van der Waals surface area contributed by atoms with Gasteiger partial charge in [-0.15, -0.1) is 0 Å². The van der Waals surface area contributed by atoms with E-state index in [-0.39, 0.29) is 18.2 Å². The molecular weight excluding hydrogens is 184 g/mol. The predicted octanol–water partition coefficient (Wildman–Crippen LogP) is 0.934. The summed E-state index contributed by atoms with van der Waals surface area (Å²) < 4.78 is 4.79. The summed E-state index contributed by atoms with van der Waals surface area (Å²) in [6, 6.07) is 0.209. The second-order valence-corrected chi connectivity index (χ2v) is 3.47. The number of nitrogens with one attached hydrogen (secondary N) is 1. The van der Waals surface area contributed by atoms with Gasteiger partial charge in [0.25, 0.3) is 0 Å². The minimum absolute atomic E-state index is 0.148. The van der Waals surface area contributed by atoms with E-state index in [2.05, 4.69) is 5.32 Å². The molecule has 0 aliphatic heterocycles. The molecule has 0 aromatic rings. The Morgan fingerprint density at radius 1 is 1.43 bits per heavy atom. The Kier molecular flexibility index (Phi) is 4.69. The smallest absolute Gasteiger partial charge is 0.407 e. The lowest BCUT2D eigenvalue weighted by Crippen LogP contribution is -2.39. The maximum Gasteiger partial charge on any atom is 0.407 e. The number of amides is 1. The monoisotopic (exact) mass is 202 g/mol. The maximum atomic E-state index is 11.1. The van der Waals surface area contributed by atoms with E-state index in [4.69, 9.17) is 15.5 Å². The first-order chi connectivity index (χ1) is 6.76. The zero-order valence-corrected chi connectivity index (χ0v) is 8.49.